The summed E-state index contributed by atoms with van der Waals surface area (Å²) in [6, 6.07) is 14.7. The number of ether oxygens (including phenoxy) is 1. The Hall–Kier alpha value is -2.47. The highest BCUT2D eigenvalue weighted by Crippen LogP contribution is 2.25. The summed E-state index contributed by atoms with van der Waals surface area (Å²) < 4.78 is 5.41. The van der Waals surface area contributed by atoms with Crippen LogP contribution in [0.1, 0.15) is 30.1 Å². The van der Waals surface area contributed by atoms with Gasteiger partial charge in [-0.25, -0.2) is 0 Å². The standard InChI is InChI=1S/C21H24N2O3S/c1-2-26-17-11-9-16(10-12-17)22-21(25)18-7-3-4-8-19(18)27-15-20(24)23-13-5-6-14-23/h3-4,7-12H,2,5-6,13-15H2,1H3,(H,22,25). The van der Waals surface area contributed by atoms with Crippen LogP contribution in [-0.4, -0.2) is 42.2 Å². The number of carbonyl (C=O) groups excluding carboxylic acids is 2. The molecule has 27 heavy (non-hydrogen) atoms. The van der Waals surface area contributed by atoms with E-state index in [0.717, 1.165) is 36.6 Å². The van der Waals surface area contributed by atoms with Crippen LogP contribution in [0.3, 0.4) is 0 Å². The van der Waals surface area contributed by atoms with E-state index in [1.807, 2.05) is 54.3 Å². The fraction of sp³-hybridized carbons (Fsp3) is 0.333. The van der Waals surface area contributed by atoms with Crippen LogP contribution in [0.15, 0.2) is 53.4 Å². The monoisotopic (exact) mass is 384 g/mol. The Morgan fingerprint density at radius 2 is 1.78 bits per heavy atom. The van der Waals surface area contributed by atoms with Crippen molar-refractivity contribution in [1.82, 2.24) is 4.90 Å². The number of anilines is 1. The van der Waals surface area contributed by atoms with Gasteiger partial charge in [0.1, 0.15) is 5.75 Å². The van der Waals surface area contributed by atoms with E-state index in [4.69, 9.17) is 4.74 Å². The smallest absolute Gasteiger partial charge is 0.256 e. The first-order valence-corrected chi connectivity index (χ1v) is 10.2. The first-order chi connectivity index (χ1) is 13.2. The number of rotatable bonds is 7. The highest BCUT2D eigenvalue weighted by molar-refractivity contribution is 8.00. The molecule has 1 aliphatic heterocycles. The first kappa shape index (κ1) is 19.3. The summed E-state index contributed by atoms with van der Waals surface area (Å²) in [6.45, 7) is 4.23. The quantitative estimate of drug-likeness (QED) is 0.732. The van der Waals surface area contributed by atoms with Crippen molar-refractivity contribution in [3.05, 3.63) is 54.1 Å². The maximum absolute atomic E-state index is 12.7. The normalized spacial score (nSPS) is 13.4. The number of amides is 2. The van der Waals surface area contributed by atoms with Gasteiger partial charge in [0.05, 0.1) is 17.9 Å². The number of hydrogen-bond acceptors (Lipinski definition) is 4. The predicted octanol–water partition coefficient (Wildman–Crippen LogP) is 4.05. The van der Waals surface area contributed by atoms with E-state index < -0.39 is 0 Å². The van der Waals surface area contributed by atoms with Crippen LogP contribution < -0.4 is 10.1 Å². The average Bonchev–Trinajstić information content (AvgIpc) is 3.23. The molecule has 142 valence electrons. The van der Waals surface area contributed by atoms with Crippen molar-refractivity contribution in [2.75, 3.05) is 30.8 Å². The highest BCUT2D eigenvalue weighted by Gasteiger charge is 2.19. The van der Waals surface area contributed by atoms with Gasteiger partial charge < -0.3 is 15.0 Å². The molecule has 1 saturated heterocycles. The van der Waals surface area contributed by atoms with Crippen molar-refractivity contribution < 1.29 is 14.3 Å². The van der Waals surface area contributed by atoms with Crippen LogP contribution in [0.5, 0.6) is 5.75 Å². The van der Waals surface area contributed by atoms with Crippen LogP contribution in [0.25, 0.3) is 0 Å². The molecule has 2 amide bonds. The lowest BCUT2D eigenvalue weighted by atomic mass is 10.2. The molecule has 0 saturated carbocycles. The maximum Gasteiger partial charge on any atom is 0.256 e. The number of nitrogens with zero attached hydrogens (tertiary/aromatic N) is 1. The number of benzene rings is 2. The van der Waals surface area contributed by atoms with Crippen molar-refractivity contribution in [1.29, 1.82) is 0 Å². The van der Waals surface area contributed by atoms with Crippen molar-refractivity contribution >= 4 is 29.3 Å². The molecule has 0 spiro atoms. The summed E-state index contributed by atoms with van der Waals surface area (Å²) in [5.41, 5.74) is 1.28. The van der Waals surface area contributed by atoms with Crippen LogP contribution >= 0.6 is 11.8 Å². The molecule has 0 unspecified atom stereocenters. The van der Waals surface area contributed by atoms with E-state index in [2.05, 4.69) is 5.32 Å². The first-order valence-electron chi connectivity index (χ1n) is 9.21. The van der Waals surface area contributed by atoms with E-state index in [0.29, 0.717) is 23.6 Å². The van der Waals surface area contributed by atoms with Gasteiger partial charge in [0.15, 0.2) is 0 Å². The minimum Gasteiger partial charge on any atom is -0.494 e. The molecule has 2 aromatic carbocycles. The summed E-state index contributed by atoms with van der Waals surface area (Å²) in [5, 5.41) is 2.91. The third kappa shape index (κ3) is 5.26. The van der Waals surface area contributed by atoms with Gasteiger partial charge in [-0.15, -0.1) is 11.8 Å². The fourth-order valence-corrected chi connectivity index (χ4v) is 3.93. The second kappa shape index (κ2) is 9.46. The molecule has 0 radical (unpaired) electrons. The SMILES string of the molecule is CCOc1ccc(NC(=O)c2ccccc2SCC(=O)N2CCCC2)cc1. The Labute approximate surface area is 164 Å². The summed E-state index contributed by atoms with van der Waals surface area (Å²) >= 11 is 1.42. The molecule has 3 rings (SSSR count). The predicted molar refractivity (Wildman–Crippen MR) is 109 cm³/mol. The van der Waals surface area contributed by atoms with Gasteiger partial charge in [0, 0.05) is 23.7 Å². The van der Waals surface area contributed by atoms with E-state index >= 15 is 0 Å². The Morgan fingerprint density at radius 3 is 2.48 bits per heavy atom. The van der Waals surface area contributed by atoms with Gasteiger partial charge in [-0.05, 0) is 56.2 Å². The minimum absolute atomic E-state index is 0.138. The topological polar surface area (TPSA) is 58.6 Å². The fourth-order valence-electron chi connectivity index (χ4n) is 2.98. The number of thioether (sulfide) groups is 1. The zero-order chi connectivity index (χ0) is 19.1. The molecule has 2 aromatic rings. The number of nitrogens with one attached hydrogen (secondary N) is 1. The lowest BCUT2D eigenvalue weighted by Gasteiger charge is -2.15. The molecule has 0 aromatic heterocycles. The molecule has 5 nitrogen and oxygen atoms in total. The maximum atomic E-state index is 12.7. The lowest BCUT2D eigenvalue weighted by molar-refractivity contribution is -0.127. The molecule has 0 atom stereocenters. The Bertz CT molecular complexity index is 786. The molecule has 1 aliphatic rings. The number of hydrogen-bond donors (Lipinski definition) is 1. The van der Waals surface area contributed by atoms with Gasteiger partial charge >= 0.3 is 0 Å². The Kier molecular flexibility index (Phi) is 6.76. The zero-order valence-corrected chi connectivity index (χ0v) is 16.3. The van der Waals surface area contributed by atoms with Crippen LogP contribution in [-0.2, 0) is 4.79 Å². The summed E-state index contributed by atoms with van der Waals surface area (Å²) in [6.07, 6.45) is 2.16. The van der Waals surface area contributed by atoms with Crippen molar-refractivity contribution in [2.45, 2.75) is 24.7 Å². The van der Waals surface area contributed by atoms with Gasteiger partial charge in [-0.2, -0.15) is 0 Å². The van der Waals surface area contributed by atoms with Crippen LogP contribution in [0.4, 0.5) is 5.69 Å². The molecule has 1 heterocycles. The average molecular weight is 385 g/mol. The molecule has 6 heteroatoms. The Morgan fingerprint density at radius 1 is 1.07 bits per heavy atom. The third-order valence-electron chi connectivity index (χ3n) is 4.36. The molecule has 0 bridgehead atoms. The van der Waals surface area contributed by atoms with Crippen LogP contribution in [0.2, 0.25) is 0 Å². The number of carbonyl (C=O) groups is 2. The second-order valence-electron chi connectivity index (χ2n) is 6.28. The molecular weight excluding hydrogens is 360 g/mol. The zero-order valence-electron chi connectivity index (χ0n) is 15.4. The van der Waals surface area contributed by atoms with Crippen molar-refractivity contribution in [3.63, 3.8) is 0 Å². The van der Waals surface area contributed by atoms with Crippen molar-refractivity contribution in [3.8, 4) is 5.75 Å². The summed E-state index contributed by atoms with van der Waals surface area (Å²) in [7, 11) is 0. The number of likely N-dealkylation sites (tertiary alicyclic amines) is 1. The molecular formula is C21H24N2O3S. The molecule has 1 fully saturated rings. The van der Waals surface area contributed by atoms with E-state index in [1.165, 1.54) is 11.8 Å². The molecule has 1 N–H and O–H groups in total. The largest absolute Gasteiger partial charge is 0.494 e. The highest BCUT2D eigenvalue weighted by atomic mass is 32.2. The second-order valence-corrected chi connectivity index (χ2v) is 7.30. The minimum atomic E-state index is -0.184. The van der Waals surface area contributed by atoms with Gasteiger partial charge in [-0.1, -0.05) is 12.1 Å². The summed E-state index contributed by atoms with van der Waals surface area (Å²) in [4.78, 5) is 27.7. The van der Waals surface area contributed by atoms with E-state index in [9.17, 15) is 9.59 Å². The van der Waals surface area contributed by atoms with Gasteiger partial charge in [-0.3, -0.25) is 9.59 Å². The van der Waals surface area contributed by atoms with Crippen LogP contribution in [0, 0.1) is 0 Å². The van der Waals surface area contributed by atoms with E-state index in [1.54, 1.807) is 6.07 Å². The summed E-state index contributed by atoms with van der Waals surface area (Å²) in [5.74, 6) is 1.08. The lowest BCUT2D eigenvalue weighted by Crippen LogP contribution is -2.29. The third-order valence-corrected chi connectivity index (χ3v) is 5.42. The molecule has 0 aliphatic carbocycles. The van der Waals surface area contributed by atoms with Crippen molar-refractivity contribution in [2.24, 2.45) is 0 Å². The van der Waals surface area contributed by atoms with Gasteiger partial charge in [0.2, 0.25) is 5.91 Å². The van der Waals surface area contributed by atoms with E-state index in [-0.39, 0.29) is 11.8 Å². The Balaban J connectivity index is 1.63. The van der Waals surface area contributed by atoms with Gasteiger partial charge in [0.25, 0.3) is 5.91 Å².